The molecule has 7 nitrogen and oxygen atoms in total. The van der Waals surface area contributed by atoms with Crippen LogP contribution in [0.3, 0.4) is 0 Å². The third-order valence-corrected chi connectivity index (χ3v) is 7.26. The molecule has 0 radical (unpaired) electrons. The van der Waals surface area contributed by atoms with E-state index in [1.807, 2.05) is 0 Å². The van der Waals surface area contributed by atoms with Crippen molar-refractivity contribution in [3.8, 4) is 22.6 Å². The predicted octanol–water partition coefficient (Wildman–Crippen LogP) is 4.51. The van der Waals surface area contributed by atoms with Gasteiger partial charge in [0.05, 0.1) is 19.9 Å². The number of benzene rings is 2. The molecule has 2 N–H and O–H groups in total. The number of aromatic hydroxyl groups is 1. The Labute approximate surface area is 180 Å². The third-order valence-electron chi connectivity index (χ3n) is 4.05. The lowest BCUT2D eigenvalue weighted by atomic mass is 10.1. The molecule has 0 aliphatic heterocycles. The number of phenols is 1. The summed E-state index contributed by atoms with van der Waals surface area (Å²) in [4.78, 5) is 11.5. The summed E-state index contributed by atoms with van der Waals surface area (Å²) in [5.41, 5.74) is 0.647. The lowest BCUT2D eigenvalue weighted by molar-refractivity contribution is 0.0597. The zero-order chi connectivity index (χ0) is 22.1. The maximum Gasteiger partial charge on any atom is 0.341 e. The van der Waals surface area contributed by atoms with E-state index in [9.17, 15) is 22.7 Å². The molecule has 30 heavy (non-hydrogen) atoms. The van der Waals surface area contributed by atoms with E-state index in [-0.39, 0.29) is 25.5 Å². The molecular weight excluding hydrogens is 457 g/mol. The fourth-order valence-corrected chi connectivity index (χ4v) is 5.41. The number of carbonyl (C=O) groups is 1. The smallest absolute Gasteiger partial charge is 0.341 e. The monoisotopic (exact) mass is 471 g/mol. The molecule has 2 aromatic carbocycles. The van der Waals surface area contributed by atoms with Crippen molar-refractivity contribution < 1.29 is 32.2 Å². The van der Waals surface area contributed by atoms with E-state index < -0.39 is 27.6 Å². The van der Waals surface area contributed by atoms with E-state index in [4.69, 9.17) is 16.3 Å². The van der Waals surface area contributed by atoms with Crippen LogP contribution in [-0.2, 0) is 14.8 Å². The van der Waals surface area contributed by atoms with E-state index in [2.05, 4.69) is 9.46 Å². The Morgan fingerprint density at radius 2 is 1.90 bits per heavy atom. The second-order valence-electron chi connectivity index (χ2n) is 5.93. The average Bonchev–Trinajstić information content (AvgIpc) is 3.10. The molecule has 0 aliphatic rings. The van der Waals surface area contributed by atoms with Gasteiger partial charge in [-0.05, 0) is 35.9 Å². The van der Waals surface area contributed by atoms with Crippen LogP contribution in [-0.4, -0.2) is 33.7 Å². The summed E-state index contributed by atoms with van der Waals surface area (Å²) in [6.07, 6.45) is 0. The summed E-state index contributed by atoms with van der Waals surface area (Å²) < 4.78 is 51.2. The number of halogens is 2. The summed E-state index contributed by atoms with van der Waals surface area (Å²) in [6.45, 7) is 0. The summed E-state index contributed by atoms with van der Waals surface area (Å²) in [7, 11) is -1.57. The van der Waals surface area contributed by atoms with Crippen LogP contribution in [0.5, 0.6) is 11.5 Å². The first-order valence-electron chi connectivity index (χ1n) is 8.23. The van der Waals surface area contributed by atoms with E-state index in [0.717, 1.165) is 24.5 Å². The molecule has 0 saturated heterocycles. The summed E-state index contributed by atoms with van der Waals surface area (Å²) in [5.74, 6) is -1.76. The van der Waals surface area contributed by atoms with E-state index in [0.29, 0.717) is 11.1 Å². The first-order chi connectivity index (χ1) is 14.2. The highest BCUT2D eigenvalue weighted by Crippen LogP contribution is 2.39. The van der Waals surface area contributed by atoms with Gasteiger partial charge in [0.25, 0.3) is 10.0 Å². The fraction of sp³-hybridized carbons (Fsp3) is 0.105. The number of carbonyl (C=O) groups excluding carboxylic acids is 1. The quantitative estimate of drug-likeness (QED) is 0.513. The largest absolute Gasteiger partial charge is 0.507 e. The minimum absolute atomic E-state index is 0.0294. The Hall–Kier alpha value is -2.82. The Bertz CT molecular complexity index is 1230. The van der Waals surface area contributed by atoms with Gasteiger partial charge >= 0.3 is 5.97 Å². The summed E-state index contributed by atoms with van der Waals surface area (Å²) in [6, 6.07) is 9.10. The van der Waals surface area contributed by atoms with E-state index in [1.165, 1.54) is 37.4 Å². The molecule has 0 atom stereocenters. The zero-order valence-electron chi connectivity index (χ0n) is 15.6. The number of hydrogen-bond acceptors (Lipinski definition) is 7. The number of phenolic OH excluding ortho intramolecular Hbond substituents is 1. The van der Waals surface area contributed by atoms with Gasteiger partial charge in [0.2, 0.25) is 0 Å². The highest BCUT2D eigenvalue weighted by molar-refractivity contribution is 7.94. The number of sulfonamides is 1. The van der Waals surface area contributed by atoms with E-state index >= 15 is 0 Å². The fourth-order valence-electron chi connectivity index (χ4n) is 2.59. The van der Waals surface area contributed by atoms with Crippen LogP contribution in [0.4, 0.5) is 10.1 Å². The number of anilines is 1. The molecule has 1 aromatic heterocycles. The van der Waals surface area contributed by atoms with Crippen molar-refractivity contribution in [1.82, 2.24) is 0 Å². The van der Waals surface area contributed by atoms with Crippen molar-refractivity contribution in [3.63, 3.8) is 0 Å². The summed E-state index contributed by atoms with van der Waals surface area (Å²) in [5, 5.41) is 9.93. The van der Waals surface area contributed by atoms with Gasteiger partial charge < -0.3 is 14.6 Å². The maximum atomic E-state index is 14.0. The first kappa shape index (κ1) is 21.9. The lowest BCUT2D eigenvalue weighted by Crippen LogP contribution is -2.11. The van der Waals surface area contributed by atoms with E-state index in [1.54, 1.807) is 6.07 Å². The highest BCUT2D eigenvalue weighted by atomic mass is 35.5. The second-order valence-corrected chi connectivity index (χ2v) is 9.49. The van der Waals surface area contributed by atoms with Crippen LogP contribution in [0.25, 0.3) is 11.1 Å². The number of rotatable bonds is 6. The van der Waals surface area contributed by atoms with Gasteiger partial charge in [-0.1, -0.05) is 17.7 Å². The van der Waals surface area contributed by atoms with Gasteiger partial charge in [-0.25, -0.2) is 17.6 Å². The molecule has 1 heterocycles. The molecular formula is C19H15ClFNO6S2. The molecule has 0 amide bonds. The topological polar surface area (TPSA) is 102 Å². The minimum atomic E-state index is -4.06. The number of hydrogen-bond donors (Lipinski definition) is 2. The van der Waals surface area contributed by atoms with Crippen molar-refractivity contribution >= 4 is 44.6 Å². The van der Waals surface area contributed by atoms with Gasteiger partial charge in [0.1, 0.15) is 19.9 Å². The SMILES string of the molecule is COC(=O)c1ccc(NS(=O)(=O)c2cc(-c3ccc(OC)c(F)c3)c(Cl)s2)cc1O. The standard InChI is InChI=1S/C19H15ClFNO6S2/c1-27-16-6-3-10(7-14(16)21)13-9-17(29-18(13)20)30(25,26)22-11-4-5-12(15(23)8-11)19(24)28-2/h3-9,22-23H,1-2H3. The molecule has 0 spiro atoms. The first-order valence-corrected chi connectivity index (χ1v) is 10.9. The van der Waals surface area contributed by atoms with Crippen molar-refractivity contribution in [1.29, 1.82) is 0 Å². The number of thiophene rings is 1. The van der Waals surface area contributed by atoms with Crippen LogP contribution in [0.2, 0.25) is 4.34 Å². The lowest BCUT2D eigenvalue weighted by Gasteiger charge is -2.08. The van der Waals surface area contributed by atoms with Crippen LogP contribution >= 0.6 is 22.9 Å². The highest BCUT2D eigenvalue weighted by Gasteiger charge is 2.22. The molecule has 0 fully saturated rings. The molecule has 3 rings (SSSR count). The minimum Gasteiger partial charge on any atom is -0.507 e. The van der Waals surface area contributed by atoms with Crippen LogP contribution in [0, 0.1) is 5.82 Å². The van der Waals surface area contributed by atoms with Crippen LogP contribution < -0.4 is 9.46 Å². The van der Waals surface area contributed by atoms with Gasteiger partial charge in [0, 0.05) is 11.6 Å². The Balaban J connectivity index is 1.91. The molecule has 0 bridgehead atoms. The predicted molar refractivity (Wildman–Crippen MR) is 112 cm³/mol. The van der Waals surface area contributed by atoms with Crippen LogP contribution in [0.1, 0.15) is 10.4 Å². The maximum absolute atomic E-state index is 14.0. The number of methoxy groups -OCH3 is 2. The van der Waals surface area contributed by atoms with Crippen molar-refractivity contribution in [2.75, 3.05) is 18.9 Å². The molecule has 0 unspecified atom stereocenters. The second kappa shape index (κ2) is 8.50. The van der Waals surface area contributed by atoms with Crippen LogP contribution in [0.15, 0.2) is 46.7 Å². The van der Waals surface area contributed by atoms with Crippen molar-refractivity contribution in [3.05, 3.63) is 58.2 Å². The zero-order valence-corrected chi connectivity index (χ0v) is 18.0. The van der Waals surface area contributed by atoms with Gasteiger partial charge in [0.15, 0.2) is 11.6 Å². The molecule has 158 valence electrons. The van der Waals surface area contributed by atoms with Crippen molar-refractivity contribution in [2.45, 2.75) is 4.21 Å². The Kier molecular flexibility index (Phi) is 6.20. The number of nitrogens with one attached hydrogen (secondary N) is 1. The van der Waals surface area contributed by atoms with Crippen molar-refractivity contribution in [2.24, 2.45) is 0 Å². The number of esters is 1. The third kappa shape index (κ3) is 4.35. The average molecular weight is 472 g/mol. The normalized spacial score (nSPS) is 11.2. The molecule has 3 aromatic rings. The van der Waals surface area contributed by atoms with Gasteiger partial charge in [-0.2, -0.15) is 0 Å². The summed E-state index contributed by atoms with van der Waals surface area (Å²) >= 11 is 6.98. The number of ether oxygens (including phenoxy) is 2. The molecule has 0 saturated carbocycles. The molecule has 0 aliphatic carbocycles. The van der Waals surface area contributed by atoms with Gasteiger partial charge in [-0.3, -0.25) is 4.72 Å². The Morgan fingerprint density at radius 1 is 1.17 bits per heavy atom. The Morgan fingerprint density at radius 3 is 2.50 bits per heavy atom. The molecule has 11 heteroatoms. The van der Waals surface area contributed by atoms with Gasteiger partial charge in [-0.15, -0.1) is 11.3 Å².